The first kappa shape index (κ1) is 47.2. The van der Waals surface area contributed by atoms with Gasteiger partial charge in [-0.3, -0.25) is 20.2 Å². The number of hydrogen-bond acceptors (Lipinski definition) is 9. The smallest absolute Gasteiger partial charge is 0.338 e. The van der Waals surface area contributed by atoms with Crippen molar-refractivity contribution in [3.8, 4) is 0 Å². The van der Waals surface area contributed by atoms with Gasteiger partial charge in [0.15, 0.2) is 5.66 Å². The Morgan fingerprint density at radius 1 is 0.731 bits per heavy atom. The van der Waals surface area contributed by atoms with Crippen LogP contribution in [0.5, 0.6) is 0 Å². The Balaban J connectivity index is 0.000000445. The molecule has 2 heterocycles. The molecule has 3 rings (SSSR count). The summed E-state index contributed by atoms with van der Waals surface area (Å²) >= 11 is 0. The van der Waals surface area contributed by atoms with Gasteiger partial charge >= 0.3 is 23.9 Å². The summed E-state index contributed by atoms with van der Waals surface area (Å²) < 4.78 is 0. The molecule has 52 heavy (non-hydrogen) atoms. The fourth-order valence-electron chi connectivity index (χ4n) is 7.49. The predicted octanol–water partition coefficient (Wildman–Crippen LogP) is 5.11. The molecule has 3 aliphatic rings. The minimum atomic E-state index is -2.43. The fourth-order valence-corrected chi connectivity index (χ4v) is 7.49. The minimum Gasteiger partial charge on any atom is -0.481 e. The van der Waals surface area contributed by atoms with Crippen LogP contribution in [-0.4, -0.2) is 86.6 Å². The molecule has 3 fully saturated rings. The molecule has 0 aromatic carbocycles. The number of carbonyl (C=O) groups is 5. The largest absolute Gasteiger partial charge is 0.481 e. The summed E-state index contributed by atoms with van der Waals surface area (Å²) in [4.78, 5) is 56.1. The minimum absolute atomic E-state index is 0.00160. The first-order valence-corrected chi connectivity index (χ1v) is 20.0. The fraction of sp³-hybridized carbons (Fsp3) is 0.868. The Morgan fingerprint density at radius 2 is 1.27 bits per heavy atom. The lowest BCUT2D eigenvalue weighted by Gasteiger charge is -2.46. The molecule has 2 aliphatic heterocycles. The number of aliphatic carboxylic acids is 4. The Hall–Kier alpha value is -2.81. The van der Waals surface area contributed by atoms with E-state index in [0.29, 0.717) is 25.9 Å². The molecule has 0 aromatic heterocycles. The van der Waals surface area contributed by atoms with Gasteiger partial charge in [0.2, 0.25) is 11.4 Å². The molecule has 2 saturated heterocycles. The number of amides is 1. The molecule has 1 aliphatic carbocycles. The zero-order valence-corrected chi connectivity index (χ0v) is 31.9. The van der Waals surface area contributed by atoms with Crippen LogP contribution in [0.25, 0.3) is 0 Å². The van der Waals surface area contributed by atoms with Crippen LogP contribution in [0.4, 0.5) is 0 Å². The van der Waals surface area contributed by atoms with Gasteiger partial charge in [0, 0.05) is 19.4 Å². The van der Waals surface area contributed by atoms with Crippen LogP contribution in [-0.2, 0) is 24.0 Å². The lowest BCUT2D eigenvalue weighted by Crippen LogP contribution is -2.76. The van der Waals surface area contributed by atoms with Gasteiger partial charge < -0.3 is 37.2 Å². The summed E-state index contributed by atoms with van der Waals surface area (Å²) in [5.74, 6) is -4.85. The molecule has 0 aromatic rings. The monoisotopic (exact) mass is 742 g/mol. The maximum Gasteiger partial charge on any atom is 0.338 e. The zero-order chi connectivity index (χ0) is 38.9. The maximum atomic E-state index is 11.8. The summed E-state index contributed by atoms with van der Waals surface area (Å²) in [5.41, 5.74) is 7.50. The highest BCUT2D eigenvalue weighted by molar-refractivity contribution is 6.05. The topological polar surface area (TPSA) is 254 Å². The molecular weight excluding hydrogens is 670 g/mol. The van der Waals surface area contributed by atoms with E-state index in [4.69, 9.17) is 16.6 Å². The summed E-state index contributed by atoms with van der Waals surface area (Å²) in [5, 5.41) is 46.1. The Labute approximate surface area is 311 Å². The second-order valence-electron chi connectivity index (χ2n) is 14.9. The van der Waals surface area contributed by atoms with E-state index in [1.54, 1.807) is 0 Å². The Morgan fingerprint density at radius 3 is 1.85 bits per heavy atom. The van der Waals surface area contributed by atoms with Gasteiger partial charge in [-0.05, 0) is 76.8 Å². The standard InChI is InChI=1S/C20H38N2O4.C12H22N2O4.C6H11NO/c1-2-3-4-5-6-7-10-13-16-14-11-8-9-12-15-19(16,21)20(22,17(23)24)18(25)26;15-10(16)6-5-7-12(11(17)18)13-8-3-1-2-4-9-14-12;8-6-4-2-1-3-5-7-6/h16H,2-15,21-22H2,1H3,(H,23,24)(H,25,26);13-14H,1-9H2,(H,15,16)(H,17,18);1-5H2,(H,7,8). The van der Waals surface area contributed by atoms with Gasteiger partial charge in [0.05, 0.1) is 5.54 Å². The second kappa shape index (κ2) is 26.0. The number of hydrogen-bond donors (Lipinski definition) is 9. The average molecular weight is 742 g/mol. The van der Waals surface area contributed by atoms with E-state index in [-0.39, 0.29) is 24.7 Å². The van der Waals surface area contributed by atoms with Gasteiger partial charge in [-0.2, -0.15) is 0 Å². The third kappa shape index (κ3) is 16.5. The predicted molar refractivity (Wildman–Crippen MR) is 201 cm³/mol. The molecular formula is C38H71N5O9. The van der Waals surface area contributed by atoms with Gasteiger partial charge in [0.1, 0.15) is 0 Å². The molecule has 11 N–H and O–H groups in total. The molecule has 302 valence electrons. The van der Waals surface area contributed by atoms with Gasteiger partial charge in [-0.1, -0.05) is 96.8 Å². The highest BCUT2D eigenvalue weighted by Crippen LogP contribution is 2.40. The molecule has 0 spiro atoms. The van der Waals surface area contributed by atoms with Crippen LogP contribution in [0, 0.1) is 5.92 Å². The highest BCUT2D eigenvalue weighted by Gasteiger charge is 2.60. The quantitative estimate of drug-likeness (QED) is 0.0737. The first-order chi connectivity index (χ1) is 24.8. The van der Waals surface area contributed by atoms with Crippen molar-refractivity contribution in [2.45, 2.75) is 184 Å². The van der Waals surface area contributed by atoms with E-state index < -0.39 is 40.6 Å². The van der Waals surface area contributed by atoms with Crippen molar-refractivity contribution in [1.82, 2.24) is 16.0 Å². The van der Waals surface area contributed by atoms with Crippen molar-refractivity contribution in [2.24, 2.45) is 17.4 Å². The van der Waals surface area contributed by atoms with Crippen molar-refractivity contribution >= 4 is 29.8 Å². The molecule has 0 bridgehead atoms. The van der Waals surface area contributed by atoms with Crippen LogP contribution in [0.3, 0.4) is 0 Å². The van der Waals surface area contributed by atoms with E-state index in [9.17, 15) is 39.3 Å². The summed E-state index contributed by atoms with van der Waals surface area (Å²) in [6.45, 7) is 4.37. The highest BCUT2D eigenvalue weighted by atomic mass is 16.4. The van der Waals surface area contributed by atoms with Crippen molar-refractivity contribution in [3.63, 3.8) is 0 Å². The summed E-state index contributed by atoms with van der Waals surface area (Å²) in [6, 6.07) is 0. The van der Waals surface area contributed by atoms with Crippen molar-refractivity contribution < 1.29 is 44.4 Å². The van der Waals surface area contributed by atoms with Crippen LogP contribution in [0.15, 0.2) is 0 Å². The van der Waals surface area contributed by atoms with Crippen LogP contribution >= 0.6 is 0 Å². The number of nitrogens with two attached hydrogens (primary N) is 2. The van der Waals surface area contributed by atoms with E-state index in [0.717, 1.165) is 109 Å². The van der Waals surface area contributed by atoms with E-state index in [2.05, 4.69) is 22.9 Å². The normalized spacial score (nSPS) is 22.8. The van der Waals surface area contributed by atoms with Gasteiger partial charge in [-0.25, -0.2) is 14.4 Å². The molecule has 2 unspecified atom stereocenters. The van der Waals surface area contributed by atoms with Crippen LogP contribution in [0.1, 0.15) is 167 Å². The van der Waals surface area contributed by atoms with E-state index in [1.807, 2.05) is 0 Å². The SMILES string of the molecule is CCCCCCCCCC1CCCCCCC1(N)C(N)(C(=O)O)C(=O)O.O=C(O)CCCC1(C(=O)O)NCCCCCCN1.O=C1CCCCCN1. The third-order valence-corrected chi connectivity index (χ3v) is 10.9. The summed E-state index contributed by atoms with van der Waals surface area (Å²) in [7, 11) is 0. The molecule has 2 atom stereocenters. The van der Waals surface area contributed by atoms with Crippen molar-refractivity contribution in [3.05, 3.63) is 0 Å². The molecule has 14 heteroatoms. The lowest BCUT2D eigenvalue weighted by atomic mass is 9.63. The Kier molecular flexibility index (Phi) is 23.6. The maximum absolute atomic E-state index is 11.8. The number of carbonyl (C=O) groups excluding carboxylic acids is 1. The van der Waals surface area contributed by atoms with Crippen molar-refractivity contribution in [2.75, 3.05) is 19.6 Å². The van der Waals surface area contributed by atoms with Gasteiger partial charge in [0.25, 0.3) is 0 Å². The summed E-state index contributed by atoms with van der Waals surface area (Å²) in [6.07, 6.45) is 22.6. The molecule has 1 saturated carbocycles. The number of carboxylic acids is 4. The first-order valence-electron chi connectivity index (χ1n) is 20.0. The number of nitrogens with one attached hydrogen (secondary N) is 3. The van der Waals surface area contributed by atoms with Gasteiger partial charge in [-0.15, -0.1) is 0 Å². The molecule has 14 nitrogen and oxygen atoms in total. The lowest BCUT2D eigenvalue weighted by molar-refractivity contribution is -0.163. The molecule has 1 amide bonds. The Bertz CT molecular complexity index is 1040. The third-order valence-electron chi connectivity index (χ3n) is 10.9. The molecule has 0 radical (unpaired) electrons. The van der Waals surface area contributed by atoms with Crippen LogP contribution in [0.2, 0.25) is 0 Å². The zero-order valence-electron chi connectivity index (χ0n) is 31.9. The van der Waals surface area contributed by atoms with E-state index >= 15 is 0 Å². The average Bonchev–Trinajstić information content (AvgIpc) is 3.26. The van der Waals surface area contributed by atoms with Crippen molar-refractivity contribution in [1.29, 1.82) is 0 Å². The number of rotatable bonds is 16. The van der Waals surface area contributed by atoms with Crippen LogP contribution < -0.4 is 27.4 Å². The second-order valence-corrected chi connectivity index (χ2v) is 14.9. The van der Waals surface area contributed by atoms with E-state index in [1.165, 1.54) is 32.1 Å². The number of carboxylic acid groups (broad SMARTS) is 4. The number of unbranched alkanes of at least 4 members (excludes halogenated alkanes) is 6.